The number of H-pyrrole nitrogens is 1. The zero-order valence-corrected chi connectivity index (χ0v) is 19.4. The van der Waals surface area contributed by atoms with Crippen LogP contribution < -0.4 is 20.7 Å². The van der Waals surface area contributed by atoms with Crippen LogP contribution in [-0.2, 0) is 21.5 Å². The second-order valence-electron chi connectivity index (χ2n) is 8.52. The number of benzene rings is 1. The molecule has 1 aromatic carbocycles. The molecule has 0 bridgehead atoms. The van der Waals surface area contributed by atoms with E-state index in [9.17, 15) is 18.0 Å². The summed E-state index contributed by atoms with van der Waals surface area (Å²) < 4.78 is 40.7. The maximum absolute atomic E-state index is 12.8. The third kappa shape index (κ3) is 7.64. The van der Waals surface area contributed by atoms with Gasteiger partial charge in [-0.15, -0.1) is 0 Å². The van der Waals surface area contributed by atoms with Crippen LogP contribution in [0.3, 0.4) is 0 Å². The second kappa shape index (κ2) is 10.3. The SMILES string of the molecule is CCC(OCn1ccc(=O)[nH]c1=O)S(=O)(=O)NC(C)c1cccc(OCC(C)(C)C)c1. The van der Waals surface area contributed by atoms with Crippen LogP contribution in [0.1, 0.15) is 52.6 Å². The quantitative estimate of drug-likeness (QED) is 0.570. The molecule has 0 radical (unpaired) electrons. The first kappa shape index (κ1) is 24.8. The summed E-state index contributed by atoms with van der Waals surface area (Å²) in [4.78, 5) is 25.0. The Kier molecular flexibility index (Phi) is 8.21. The lowest BCUT2D eigenvalue weighted by molar-refractivity contribution is 0.0464. The standard InChI is InChI=1S/C21H31N3O6S/c1-6-19(30-14-24-11-10-18(25)22-20(24)26)31(27,28)23-15(2)16-8-7-9-17(12-16)29-13-21(3,4)5/h7-12,15,19,23H,6,13-14H2,1-5H3,(H,22,25,26). The lowest BCUT2D eigenvalue weighted by atomic mass is 9.99. The minimum Gasteiger partial charge on any atom is -0.493 e. The van der Waals surface area contributed by atoms with Crippen molar-refractivity contribution < 1.29 is 17.9 Å². The molecule has 31 heavy (non-hydrogen) atoms. The molecule has 2 atom stereocenters. The summed E-state index contributed by atoms with van der Waals surface area (Å²) in [7, 11) is -3.86. The molecule has 0 fully saturated rings. The summed E-state index contributed by atoms with van der Waals surface area (Å²) >= 11 is 0. The van der Waals surface area contributed by atoms with Gasteiger partial charge in [0, 0.05) is 18.3 Å². The van der Waals surface area contributed by atoms with Crippen molar-refractivity contribution in [1.29, 1.82) is 0 Å². The number of nitrogens with one attached hydrogen (secondary N) is 2. The van der Waals surface area contributed by atoms with E-state index in [-0.39, 0.29) is 18.6 Å². The van der Waals surface area contributed by atoms with E-state index in [1.807, 2.05) is 18.2 Å². The van der Waals surface area contributed by atoms with Gasteiger partial charge < -0.3 is 9.47 Å². The highest BCUT2D eigenvalue weighted by atomic mass is 32.2. The van der Waals surface area contributed by atoms with Crippen molar-refractivity contribution in [3.8, 4) is 5.75 Å². The minimum atomic E-state index is -3.86. The van der Waals surface area contributed by atoms with E-state index in [2.05, 4.69) is 30.5 Å². The average molecular weight is 454 g/mol. The van der Waals surface area contributed by atoms with Gasteiger partial charge in [-0.1, -0.05) is 39.8 Å². The molecule has 0 saturated heterocycles. The van der Waals surface area contributed by atoms with Crippen LogP contribution in [0.25, 0.3) is 0 Å². The van der Waals surface area contributed by atoms with Gasteiger partial charge in [0.25, 0.3) is 5.56 Å². The number of ether oxygens (including phenoxy) is 2. The molecule has 172 valence electrons. The molecule has 1 aromatic heterocycles. The molecule has 0 aliphatic carbocycles. The van der Waals surface area contributed by atoms with Gasteiger partial charge in [0.15, 0.2) is 5.44 Å². The smallest absolute Gasteiger partial charge is 0.330 e. The molecular formula is C21H31N3O6S. The molecule has 0 aliphatic heterocycles. The Hall–Kier alpha value is -2.43. The Labute approximate surface area is 182 Å². The molecular weight excluding hydrogens is 422 g/mol. The normalized spacial score (nSPS) is 14.2. The van der Waals surface area contributed by atoms with Crippen LogP contribution in [0.2, 0.25) is 0 Å². The molecule has 1 heterocycles. The number of hydrogen-bond acceptors (Lipinski definition) is 6. The number of rotatable bonds is 10. The molecule has 2 aromatic rings. The van der Waals surface area contributed by atoms with Gasteiger partial charge in [0.1, 0.15) is 12.5 Å². The Balaban J connectivity index is 2.06. The molecule has 10 heteroatoms. The predicted molar refractivity (Wildman–Crippen MR) is 118 cm³/mol. The van der Waals surface area contributed by atoms with Gasteiger partial charge in [-0.25, -0.2) is 17.9 Å². The lowest BCUT2D eigenvalue weighted by Gasteiger charge is -2.22. The van der Waals surface area contributed by atoms with Gasteiger partial charge in [0.2, 0.25) is 10.0 Å². The number of aromatic nitrogens is 2. The Morgan fingerprint density at radius 3 is 2.52 bits per heavy atom. The van der Waals surface area contributed by atoms with Crippen molar-refractivity contribution in [2.75, 3.05) is 6.61 Å². The Bertz CT molecular complexity index is 1090. The van der Waals surface area contributed by atoms with Crippen LogP contribution in [0, 0.1) is 5.41 Å². The first-order valence-corrected chi connectivity index (χ1v) is 11.6. The van der Waals surface area contributed by atoms with Crippen molar-refractivity contribution in [3.05, 3.63) is 62.9 Å². The first-order valence-electron chi connectivity index (χ1n) is 10.1. The van der Waals surface area contributed by atoms with Crippen LogP contribution in [-0.4, -0.2) is 30.0 Å². The number of sulfonamides is 1. The minimum absolute atomic E-state index is 0.00261. The van der Waals surface area contributed by atoms with E-state index >= 15 is 0 Å². The van der Waals surface area contributed by atoms with Crippen molar-refractivity contribution in [2.24, 2.45) is 5.41 Å². The molecule has 0 aliphatic rings. The average Bonchev–Trinajstić information content (AvgIpc) is 2.67. The summed E-state index contributed by atoms with van der Waals surface area (Å²) in [5.41, 5.74) is -1.63. The summed E-state index contributed by atoms with van der Waals surface area (Å²) in [6.07, 6.45) is 1.43. The molecule has 2 unspecified atom stereocenters. The molecule has 0 saturated carbocycles. The monoisotopic (exact) mass is 453 g/mol. The van der Waals surface area contributed by atoms with E-state index < -0.39 is 32.8 Å². The highest BCUT2D eigenvalue weighted by Gasteiger charge is 2.27. The molecule has 0 amide bonds. The topological polar surface area (TPSA) is 119 Å². The molecule has 0 spiro atoms. The third-order valence-corrected chi connectivity index (χ3v) is 6.19. The van der Waals surface area contributed by atoms with Crippen molar-refractivity contribution in [2.45, 2.75) is 59.2 Å². The van der Waals surface area contributed by atoms with Crippen LogP contribution in [0.5, 0.6) is 5.75 Å². The van der Waals surface area contributed by atoms with Crippen molar-refractivity contribution >= 4 is 10.0 Å². The zero-order valence-electron chi connectivity index (χ0n) is 18.5. The maximum atomic E-state index is 12.8. The largest absolute Gasteiger partial charge is 0.493 e. The molecule has 9 nitrogen and oxygen atoms in total. The highest BCUT2D eigenvalue weighted by Crippen LogP contribution is 2.23. The fourth-order valence-corrected chi connectivity index (χ4v) is 4.16. The van der Waals surface area contributed by atoms with E-state index in [0.29, 0.717) is 12.4 Å². The van der Waals surface area contributed by atoms with Crippen LogP contribution in [0.15, 0.2) is 46.1 Å². The molecule has 2 N–H and O–H groups in total. The van der Waals surface area contributed by atoms with Crippen LogP contribution in [0.4, 0.5) is 0 Å². The van der Waals surface area contributed by atoms with Gasteiger partial charge in [0.05, 0.1) is 6.61 Å². The van der Waals surface area contributed by atoms with E-state index in [0.717, 1.165) is 16.2 Å². The second-order valence-corrected chi connectivity index (χ2v) is 10.4. The van der Waals surface area contributed by atoms with Gasteiger partial charge >= 0.3 is 5.69 Å². The number of hydrogen-bond donors (Lipinski definition) is 2. The number of aromatic amines is 1. The Morgan fingerprint density at radius 1 is 1.19 bits per heavy atom. The van der Waals surface area contributed by atoms with Crippen LogP contribution >= 0.6 is 0 Å². The Morgan fingerprint density at radius 2 is 1.90 bits per heavy atom. The molecule has 2 rings (SSSR count). The van der Waals surface area contributed by atoms with Gasteiger partial charge in [-0.05, 0) is 36.5 Å². The van der Waals surface area contributed by atoms with Gasteiger partial charge in [-0.3, -0.25) is 14.3 Å². The van der Waals surface area contributed by atoms with E-state index in [1.165, 1.54) is 6.20 Å². The van der Waals surface area contributed by atoms with Crippen molar-refractivity contribution in [3.63, 3.8) is 0 Å². The fraction of sp³-hybridized carbons (Fsp3) is 0.524. The fourth-order valence-electron chi connectivity index (χ4n) is 2.70. The zero-order chi connectivity index (χ0) is 23.2. The first-order chi connectivity index (χ1) is 14.4. The van der Waals surface area contributed by atoms with E-state index in [4.69, 9.17) is 9.47 Å². The lowest BCUT2D eigenvalue weighted by Crippen LogP contribution is -2.38. The summed E-state index contributed by atoms with van der Waals surface area (Å²) in [5.74, 6) is 0.666. The third-order valence-electron chi connectivity index (χ3n) is 4.35. The summed E-state index contributed by atoms with van der Waals surface area (Å²) in [6.45, 7) is 9.84. The van der Waals surface area contributed by atoms with E-state index in [1.54, 1.807) is 19.9 Å². The summed E-state index contributed by atoms with van der Waals surface area (Å²) in [6, 6.07) is 7.91. The van der Waals surface area contributed by atoms with Gasteiger partial charge in [-0.2, -0.15) is 0 Å². The van der Waals surface area contributed by atoms with Crippen molar-refractivity contribution in [1.82, 2.24) is 14.3 Å². The number of nitrogens with zero attached hydrogens (tertiary/aromatic N) is 1. The summed E-state index contributed by atoms with van der Waals surface area (Å²) in [5, 5.41) is 0. The maximum Gasteiger partial charge on any atom is 0.330 e. The predicted octanol–water partition coefficient (Wildman–Crippen LogP) is 2.35. The highest BCUT2D eigenvalue weighted by molar-refractivity contribution is 7.89.